The molecule has 0 bridgehead atoms. The highest BCUT2D eigenvalue weighted by Gasteiger charge is 2.34. The molecule has 1 aliphatic rings. The van der Waals surface area contributed by atoms with Crippen molar-refractivity contribution in [1.82, 2.24) is 4.90 Å². The Morgan fingerprint density at radius 3 is 2.16 bits per heavy atom. The molecule has 1 unspecified atom stereocenters. The van der Waals surface area contributed by atoms with Crippen molar-refractivity contribution in [2.75, 3.05) is 14.1 Å². The highest BCUT2D eigenvalue weighted by Crippen LogP contribution is 2.40. The van der Waals surface area contributed by atoms with Gasteiger partial charge in [-0.05, 0) is 64.4 Å². The van der Waals surface area contributed by atoms with E-state index in [4.69, 9.17) is 10.5 Å². The van der Waals surface area contributed by atoms with Crippen LogP contribution in [0.1, 0.15) is 38.3 Å². The Labute approximate surface area is 116 Å². The van der Waals surface area contributed by atoms with Crippen molar-refractivity contribution in [3.63, 3.8) is 0 Å². The Bertz CT molecular complexity index is 394. The fourth-order valence-electron chi connectivity index (χ4n) is 2.97. The molecular formula is C16H26N2O. The number of rotatable bonds is 5. The zero-order chi connectivity index (χ0) is 14.0. The SMILES string of the molecule is CC(C)Oc1ccc(C(C2CC(N)C2)N(C)C)cc1. The molecule has 1 aromatic rings. The van der Waals surface area contributed by atoms with Crippen LogP contribution >= 0.6 is 0 Å². The van der Waals surface area contributed by atoms with E-state index >= 15 is 0 Å². The van der Waals surface area contributed by atoms with Crippen LogP contribution in [-0.4, -0.2) is 31.1 Å². The topological polar surface area (TPSA) is 38.5 Å². The third kappa shape index (κ3) is 3.48. The maximum Gasteiger partial charge on any atom is 0.119 e. The van der Waals surface area contributed by atoms with E-state index in [1.165, 1.54) is 5.56 Å². The number of hydrogen-bond acceptors (Lipinski definition) is 3. The van der Waals surface area contributed by atoms with Crippen LogP contribution in [0, 0.1) is 5.92 Å². The first-order chi connectivity index (χ1) is 8.97. The lowest BCUT2D eigenvalue weighted by molar-refractivity contribution is 0.123. The highest BCUT2D eigenvalue weighted by molar-refractivity contribution is 5.30. The van der Waals surface area contributed by atoms with Gasteiger partial charge >= 0.3 is 0 Å². The van der Waals surface area contributed by atoms with E-state index in [1.54, 1.807) is 0 Å². The Hall–Kier alpha value is -1.06. The summed E-state index contributed by atoms with van der Waals surface area (Å²) in [6, 6.07) is 9.39. The van der Waals surface area contributed by atoms with Crippen molar-refractivity contribution < 1.29 is 4.74 Å². The molecule has 0 saturated heterocycles. The van der Waals surface area contributed by atoms with Crippen molar-refractivity contribution in [3.05, 3.63) is 29.8 Å². The van der Waals surface area contributed by atoms with E-state index in [0.29, 0.717) is 18.0 Å². The Balaban J connectivity index is 2.09. The second-order valence-electron chi connectivity index (χ2n) is 6.14. The molecular weight excluding hydrogens is 236 g/mol. The van der Waals surface area contributed by atoms with Gasteiger partial charge < -0.3 is 15.4 Å². The number of nitrogens with two attached hydrogens (primary N) is 1. The minimum Gasteiger partial charge on any atom is -0.491 e. The molecule has 1 fully saturated rings. The standard InChI is InChI=1S/C16H26N2O/c1-11(2)19-15-7-5-12(6-8-15)16(18(3)4)13-9-14(17)10-13/h5-8,11,13-14,16H,9-10,17H2,1-4H3. The van der Waals surface area contributed by atoms with E-state index < -0.39 is 0 Å². The molecule has 106 valence electrons. The Morgan fingerprint density at radius 2 is 1.74 bits per heavy atom. The van der Waals surface area contributed by atoms with Crippen LogP contribution in [-0.2, 0) is 0 Å². The summed E-state index contributed by atoms with van der Waals surface area (Å²) in [5.41, 5.74) is 7.28. The number of benzene rings is 1. The molecule has 0 aliphatic heterocycles. The van der Waals surface area contributed by atoms with Gasteiger partial charge in [0.25, 0.3) is 0 Å². The van der Waals surface area contributed by atoms with Gasteiger partial charge in [-0.3, -0.25) is 0 Å². The molecule has 3 nitrogen and oxygen atoms in total. The third-order valence-corrected chi connectivity index (χ3v) is 3.81. The molecule has 0 amide bonds. The maximum absolute atomic E-state index is 5.93. The van der Waals surface area contributed by atoms with Gasteiger partial charge in [-0.2, -0.15) is 0 Å². The molecule has 2 rings (SSSR count). The smallest absolute Gasteiger partial charge is 0.119 e. The van der Waals surface area contributed by atoms with Gasteiger partial charge in [0.05, 0.1) is 6.10 Å². The maximum atomic E-state index is 5.93. The number of ether oxygens (including phenoxy) is 1. The molecule has 1 aliphatic carbocycles. The fourth-order valence-corrected chi connectivity index (χ4v) is 2.97. The number of hydrogen-bond donors (Lipinski definition) is 1. The monoisotopic (exact) mass is 262 g/mol. The van der Waals surface area contributed by atoms with E-state index in [9.17, 15) is 0 Å². The molecule has 0 radical (unpaired) electrons. The van der Waals surface area contributed by atoms with Gasteiger partial charge in [-0.1, -0.05) is 12.1 Å². The van der Waals surface area contributed by atoms with Crippen LogP contribution in [0.2, 0.25) is 0 Å². The molecule has 0 spiro atoms. The van der Waals surface area contributed by atoms with Crippen LogP contribution < -0.4 is 10.5 Å². The normalized spacial score (nSPS) is 24.4. The summed E-state index contributed by atoms with van der Waals surface area (Å²) in [6.07, 6.45) is 2.49. The van der Waals surface area contributed by atoms with Crippen LogP contribution in [0.4, 0.5) is 0 Å². The predicted molar refractivity (Wildman–Crippen MR) is 79.3 cm³/mol. The zero-order valence-corrected chi connectivity index (χ0v) is 12.5. The minimum atomic E-state index is 0.222. The van der Waals surface area contributed by atoms with Crippen LogP contribution in [0.15, 0.2) is 24.3 Å². The van der Waals surface area contributed by atoms with Crippen LogP contribution in [0.5, 0.6) is 5.75 Å². The van der Waals surface area contributed by atoms with E-state index in [1.807, 2.05) is 13.8 Å². The van der Waals surface area contributed by atoms with Crippen molar-refractivity contribution in [3.8, 4) is 5.75 Å². The van der Waals surface area contributed by atoms with Gasteiger partial charge in [0.2, 0.25) is 0 Å². The first-order valence-corrected chi connectivity index (χ1v) is 7.16. The lowest BCUT2D eigenvalue weighted by Crippen LogP contribution is -2.43. The summed E-state index contributed by atoms with van der Waals surface area (Å²) >= 11 is 0. The molecule has 0 aromatic heterocycles. The van der Waals surface area contributed by atoms with Crippen molar-refractivity contribution >= 4 is 0 Å². The first kappa shape index (κ1) is 14.4. The second kappa shape index (κ2) is 5.93. The van der Waals surface area contributed by atoms with Gasteiger partial charge in [0.15, 0.2) is 0 Å². The van der Waals surface area contributed by atoms with Gasteiger partial charge in [-0.15, -0.1) is 0 Å². The van der Waals surface area contributed by atoms with Crippen LogP contribution in [0.25, 0.3) is 0 Å². The van der Waals surface area contributed by atoms with Crippen molar-refractivity contribution in [2.45, 2.75) is 44.9 Å². The van der Waals surface area contributed by atoms with Gasteiger partial charge in [-0.25, -0.2) is 0 Å². The largest absolute Gasteiger partial charge is 0.491 e. The summed E-state index contributed by atoms with van der Waals surface area (Å²) < 4.78 is 5.69. The molecule has 3 heteroatoms. The quantitative estimate of drug-likeness (QED) is 0.887. The highest BCUT2D eigenvalue weighted by atomic mass is 16.5. The molecule has 19 heavy (non-hydrogen) atoms. The van der Waals surface area contributed by atoms with Crippen molar-refractivity contribution in [1.29, 1.82) is 0 Å². The van der Waals surface area contributed by atoms with Crippen LogP contribution in [0.3, 0.4) is 0 Å². The summed E-state index contributed by atoms with van der Waals surface area (Å²) in [6.45, 7) is 4.10. The Morgan fingerprint density at radius 1 is 1.16 bits per heavy atom. The van der Waals surface area contributed by atoms with E-state index in [2.05, 4.69) is 43.3 Å². The van der Waals surface area contributed by atoms with E-state index in [0.717, 1.165) is 18.6 Å². The summed E-state index contributed by atoms with van der Waals surface area (Å²) in [5.74, 6) is 1.63. The van der Waals surface area contributed by atoms with E-state index in [-0.39, 0.29) is 6.10 Å². The number of nitrogens with zero attached hydrogens (tertiary/aromatic N) is 1. The average Bonchev–Trinajstić information content (AvgIpc) is 2.28. The fraction of sp³-hybridized carbons (Fsp3) is 0.625. The summed E-state index contributed by atoms with van der Waals surface area (Å²) in [7, 11) is 4.29. The van der Waals surface area contributed by atoms with Gasteiger partial charge in [0, 0.05) is 12.1 Å². The molecule has 1 aromatic carbocycles. The Kier molecular flexibility index (Phi) is 4.48. The lowest BCUT2D eigenvalue weighted by atomic mass is 9.73. The van der Waals surface area contributed by atoms with Crippen molar-refractivity contribution in [2.24, 2.45) is 11.7 Å². The van der Waals surface area contributed by atoms with Gasteiger partial charge in [0.1, 0.15) is 5.75 Å². The lowest BCUT2D eigenvalue weighted by Gasteiger charge is -2.41. The molecule has 1 saturated carbocycles. The predicted octanol–water partition coefficient (Wildman–Crippen LogP) is 2.81. The zero-order valence-electron chi connectivity index (χ0n) is 12.5. The average molecular weight is 262 g/mol. The minimum absolute atomic E-state index is 0.222. The first-order valence-electron chi connectivity index (χ1n) is 7.16. The second-order valence-corrected chi connectivity index (χ2v) is 6.14. The summed E-state index contributed by atoms with van der Waals surface area (Å²) in [4.78, 5) is 2.30. The molecule has 1 atom stereocenters. The molecule has 2 N–H and O–H groups in total. The molecule has 0 heterocycles. The third-order valence-electron chi connectivity index (χ3n) is 3.81. The summed E-state index contributed by atoms with van der Waals surface area (Å²) in [5, 5.41) is 0.